The Morgan fingerprint density at radius 3 is 2.78 bits per heavy atom. The highest BCUT2D eigenvalue weighted by molar-refractivity contribution is 5.12. The molecule has 1 aliphatic rings. The standard InChI is InChI=1S/C16H26N2/c1-3-18-16(12-14-7-9-17-10-8-14)15-6-4-5-13(2)11-15/h7-10,13,15-16,18H,3-6,11-12H2,1-2H3. The molecule has 0 bridgehead atoms. The van der Waals surface area contributed by atoms with Gasteiger partial charge in [0, 0.05) is 18.4 Å². The molecule has 0 amide bonds. The monoisotopic (exact) mass is 246 g/mol. The Hall–Kier alpha value is -0.890. The van der Waals surface area contributed by atoms with Crippen LogP contribution in [0, 0.1) is 11.8 Å². The van der Waals surface area contributed by atoms with Crippen molar-refractivity contribution in [2.45, 2.75) is 52.0 Å². The first-order valence-corrected chi connectivity index (χ1v) is 7.42. The maximum atomic E-state index is 4.10. The van der Waals surface area contributed by atoms with E-state index in [0.717, 1.165) is 24.8 Å². The average molecular weight is 246 g/mol. The van der Waals surface area contributed by atoms with E-state index in [0.29, 0.717) is 6.04 Å². The Morgan fingerprint density at radius 2 is 2.11 bits per heavy atom. The molecule has 1 saturated carbocycles. The van der Waals surface area contributed by atoms with Crippen LogP contribution in [0.25, 0.3) is 0 Å². The van der Waals surface area contributed by atoms with E-state index < -0.39 is 0 Å². The van der Waals surface area contributed by atoms with Gasteiger partial charge < -0.3 is 5.32 Å². The highest BCUT2D eigenvalue weighted by Gasteiger charge is 2.26. The summed E-state index contributed by atoms with van der Waals surface area (Å²) in [6.07, 6.45) is 10.6. The molecule has 1 aromatic rings. The highest BCUT2D eigenvalue weighted by atomic mass is 14.9. The van der Waals surface area contributed by atoms with Gasteiger partial charge in [-0.1, -0.05) is 26.7 Å². The van der Waals surface area contributed by atoms with Crippen molar-refractivity contribution in [3.05, 3.63) is 30.1 Å². The van der Waals surface area contributed by atoms with Gasteiger partial charge in [-0.3, -0.25) is 4.98 Å². The number of nitrogens with one attached hydrogen (secondary N) is 1. The van der Waals surface area contributed by atoms with Crippen LogP contribution in [0.3, 0.4) is 0 Å². The molecular weight excluding hydrogens is 220 g/mol. The lowest BCUT2D eigenvalue weighted by molar-refractivity contribution is 0.222. The lowest BCUT2D eigenvalue weighted by Gasteiger charge is -2.34. The molecular formula is C16H26N2. The molecule has 0 aromatic carbocycles. The van der Waals surface area contributed by atoms with Crippen LogP contribution in [0.1, 0.15) is 45.1 Å². The normalized spacial score (nSPS) is 25.9. The summed E-state index contributed by atoms with van der Waals surface area (Å²) in [5.41, 5.74) is 1.41. The van der Waals surface area contributed by atoms with Gasteiger partial charge in [0.1, 0.15) is 0 Å². The largest absolute Gasteiger partial charge is 0.314 e. The van der Waals surface area contributed by atoms with Crippen molar-refractivity contribution in [1.82, 2.24) is 10.3 Å². The third-order valence-corrected chi connectivity index (χ3v) is 4.22. The van der Waals surface area contributed by atoms with Crippen LogP contribution < -0.4 is 5.32 Å². The van der Waals surface area contributed by atoms with Crippen molar-refractivity contribution in [1.29, 1.82) is 0 Å². The number of hydrogen-bond donors (Lipinski definition) is 1. The molecule has 0 radical (unpaired) electrons. The molecule has 3 atom stereocenters. The van der Waals surface area contributed by atoms with Crippen molar-refractivity contribution in [3.63, 3.8) is 0 Å². The molecule has 0 spiro atoms. The van der Waals surface area contributed by atoms with Crippen LogP contribution in [0.15, 0.2) is 24.5 Å². The molecule has 2 heteroatoms. The summed E-state index contributed by atoms with van der Waals surface area (Å²) >= 11 is 0. The van der Waals surface area contributed by atoms with Gasteiger partial charge in [-0.15, -0.1) is 0 Å². The van der Waals surface area contributed by atoms with Gasteiger partial charge in [0.25, 0.3) is 0 Å². The Kier molecular flexibility index (Phi) is 5.18. The summed E-state index contributed by atoms with van der Waals surface area (Å²) in [7, 11) is 0. The molecule has 1 N–H and O–H groups in total. The Morgan fingerprint density at radius 1 is 1.33 bits per heavy atom. The molecule has 1 fully saturated rings. The zero-order valence-electron chi connectivity index (χ0n) is 11.7. The fraction of sp³-hybridized carbons (Fsp3) is 0.688. The molecule has 100 valence electrons. The summed E-state index contributed by atoms with van der Waals surface area (Å²) in [4.78, 5) is 4.10. The zero-order chi connectivity index (χ0) is 12.8. The average Bonchev–Trinajstić information content (AvgIpc) is 2.39. The third kappa shape index (κ3) is 3.81. The summed E-state index contributed by atoms with van der Waals surface area (Å²) < 4.78 is 0. The first-order chi connectivity index (χ1) is 8.79. The van der Waals surface area contributed by atoms with Crippen LogP contribution in [0.4, 0.5) is 0 Å². The molecule has 0 saturated heterocycles. The lowest BCUT2D eigenvalue weighted by Crippen LogP contribution is -2.40. The molecule has 1 aliphatic carbocycles. The summed E-state index contributed by atoms with van der Waals surface area (Å²) in [5, 5.41) is 3.70. The molecule has 1 aromatic heterocycles. The van der Waals surface area contributed by atoms with E-state index in [1.807, 2.05) is 12.4 Å². The second-order valence-corrected chi connectivity index (χ2v) is 5.76. The maximum absolute atomic E-state index is 4.10. The van der Waals surface area contributed by atoms with Crippen LogP contribution in [-0.2, 0) is 6.42 Å². The van der Waals surface area contributed by atoms with E-state index in [-0.39, 0.29) is 0 Å². The third-order valence-electron chi connectivity index (χ3n) is 4.22. The van der Waals surface area contributed by atoms with Crippen molar-refractivity contribution < 1.29 is 0 Å². The minimum atomic E-state index is 0.639. The number of rotatable bonds is 5. The van der Waals surface area contributed by atoms with Gasteiger partial charge in [0.05, 0.1) is 0 Å². The molecule has 18 heavy (non-hydrogen) atoms. The number of likely N-dealkylation sites (N-methyl/N-ethyl adjacent to an activating group) is 1. The zero-order valence-corrected chi connectivity index (χ0v) is 11.7. The topological polar surface area (TPSA) is 24.9 Å². The highest BCUT2D eigenvalue weighted by Crippen LogP contribution is 2.31. The first kappa shape index (κ1) is 13.5. The second kappa shape index (κ2) is 6.89. The van der Waals surface area contributed by atoms with E-state index in [9.17, 15) is 0 Å². The van der Waals surface area contributed by atoms with Crippen molar-refractivity contribution in [2.75, 3.05) is 6.54 Å². The van der Waals surface area contributed by atoms with Crippen LogP contribution in [0.2, 0.25) is 0 Å². The van der Waals surface area contributed by atoms with Gasteiger partial charge >= 0.3 is 0 Å². The van der Waals surface area contributed by atoms with Gasteiger partial charge in [0.15, 0.2) is 0 Å². The lowest BCUT2D eigenvalue weighted by atomic mass is 9.77. The van der Waals surface area contributed by atoms with Crippen LogP contribution >= 0.6 is 0 Å². The smallest absolute Gasteiger partial charge is 0.0270 e. The number of nitrogens with zero attached hydrogens (tertiary/aromatic N) is 1. The molecule has 0 aliphatic heterocycles. The van der Waals surface area contributed by atoms with Gasteiger partial charge in [-0.25, -0.2) is 0 Å². The van der Waals surface area contributed by atoms with Crippen molar-refractivity contribution >= 4 is 0 Å². The van der Waals surface area contributed by atoms with E-state index in [1.54, 1.807) is 0 Å². The van der Waals surface area contributed by atoms with E-state index in [1.165, 1.54) is 31.2 Å². The van der Waals surface area contributed by atoms with E-state index in [4.69, 9.17) is 0 Å². The van der Waals surface area contributed by atoms with Crippen LogP contribution in [-0.4, -0.2) is 17.6 Å². The molecule has 3 unspecified atom stereocenters. The Labute approximate surface area is 111 Å². The minimum absolute atomic E-state index is 0.639. The van der Waals surface area contributed by atoms with Crippen LogP contribution in [0.5, 0.6) is 0 Å². The quantitative estimate of drug-likeness (QED) is 0.861. The maximum Gasteiger partial charge on any atom is 0.0270 e. The predicted octanol–water partition coefficient (Wildman–Crippen LogP) is 3.43. The summed E-state index contributed by atoms with van der Waals surface area (Å²) in [6.45, 7) is 5.69. The summed E-state index contributed by atoms with van der Waals surface area (Å²) in [5.74, 6) is 1.75. The number of pyridine rings is 1. The second-order valence-electron chi connectivity index (χ2n) is 5.76. The van der Waals surface area contributed by atoms with Gasteiger partial charge in [-0.2, -0.15) is 0 Å². The molecule has 2 nitrogen and oxygen atoms in total. The SMILES string of the molecule is CCNC(Cc1ccncc1)C1CCCC(C)C1. The molecule has 1 heterocycles. The van der Waals surface area contributed by atoms with Crippen molar-refractivity contribution in [2.24, 2.45) is 11.8 Å². The van der Waals surface area contributed by atoms with E-state index in [2.05, 4.69) is 36.3 Å². The van der Waals surface area contributed by atoms with Gasteiger partial charge in [0.2, 0.25) is 0 Å². The fourth-order valence-corrected chi connectivity index (χ4v) is 3.29. The van der Waals surface area contributed by atoms with E-state index >= 15 is 0 Å². The summed E-state index contributed by atoms with van der Waals surface area (Å²) in [6, 6.07) is 4.94. The van der Waals surface area contributed by atoms with Gasteiger partial charge in [-0.05, 0) is 55.3 Å². The number of aromatic nitrogens is 1. The Balaban J connectivity index is 1.98. The Bertz CT molecular complexity index is 336. The predicted molar refractivity (Wildman–Crippen MR) is 76.5 cm³/mol. The first-order valence-electron chi connectivity index (χ1n) is 7.42. The van der Waals surface area contributed by atoms with Crippen molar-refractivity contribution in [3.8, 4) is 0 Å². The minimum Gasteiger partial charge on any atom is -0.314 e. The fourth-order valence-electron chi connectivity index (χ4n) is 3.29. The number of hydrogen-bond acceptors (Lipinski definition) is 2. The molecule has 2 rings (SSSR count).